The van der Waals surface area contributed by atoms with Crippen molar-refractivity contribution in [2.75, 3.05) is 24.7 Å². The Morgan fingerprint density at radius 3 is 2.81 bits per heavy atom. The van der Waals surface area contributed by atoms with Crippen LogP contribution >= 0.6 is 11.6 Å². The van der Waals surface area contributed by atoms with Crippen LogP contribution in [0.3, 0.4) is 0 Å². The molecule has 0 spiro atoms. The number of anilines is 1. The molecule has 1 atom stereocenters. The van der Waals surface area contributed by atoms with Gasteiger partial charge in [0.1, 0.15) is 11.0 Å². The summed E-state index contributed by atoms with van der Waals surface area (Å²) in [7, 11) is 0. The molecule has 0 radical (unpaired) electrons. The second-order valence-electron chi connectivity index (χ2n) is 6.06. The summed E-state index contributed by atoms with van der Waals surface area (Å²) in [5, 5.41) is 0.182. The number of imidazole rings is 1. The van der Waals surface area contributed by atoms with Gasteiger partial charge >= 0.3 is 0 Å². The van der Waals surface area contributed by atoms with E-state index in [2.05, 4.69) is 15.0 Å². The van der Waals surface area contributed by atoms with Gasteiger partial charge in [-0.25, -0.2) is 18.7 Å². The molecular weight excluding hydrogens is 364 g/mol. The van der Waals surface area contributed by atoms with Crippen molar-refractivity contribution >= 4 is 28.5 Å². The van der Waals surface area contributed by atoms with E-state index in [1.54, 1.807) is 30.3 Å². The van der Waals surface area contributed by atoms with E-state index < -0.39 is 12.2 Å². The molecule has 0 saturated carbocycles. The molecule has 0 amide bonds. The third kappa shape index (κ3) is 2.99. The van der Waals surface area contributed by atoms with Gasteiger partial charge in [0.15, 0.2) is 5.82 Å². The lowest BCUT2D eigenvalue weighted by Gasteiger charge is -2.34. The summed E-state index contributed by atoms with van der Waals surface area (Å²) in [6.07, 6.45) is -2.77. The van der Waals surface area contributed by atoms with Gasteiger partial charge < -0.3 is 9.64 Å². The highest BCUT2D eigenvalue weighted by Gasteiger charge is 2.25. The van der Waals surface area contributed by atoms with Crippen LogP contribution in [0.25, 0.3) is 17.0 Å². The van der Waals surface area contributed by atoms with Crippen LogP contribution in [0, 0.1) is 0 Å². The lowest BCUT2D eigenvalue weighted by Crippen LogP contribution is -2.44. The average Bonchev–Trinajstić information content (AvgIpc) is 3.01. The lowest BCUT2D eigenvalue weighted by molar-refractivity contribution is 0.0985. The molecule has 4 rings (SSSR count). The minimum Gasteiger partial charge on any atom is -0.377 e. The number of fused-ring (bicyclic) bond motifs is 1. The van der Waals surface area contributed by atoms with E-state index in [1.807, 2.05) is 11.8 Å². The number of alkyl halides is 2. The molecule has 0 aliphatic carbocycles. The minimum atomic E-state index is -2.77. The first-order chi connectivity index (χ1) is 12.5. The topological polar surface area (TPSA) is 56.1 Å². The lowest BCUT2D eigenvalue weighted by atomic mass is 10.2. The monoisotopic (exact) mass is 379 g/mol. The molecule has 1 aliphatic rings. The maximum Gasteiger partial charge on any atom is 0.296 e. The van der Waals surface area contributed by atoms with Crippen molar-refractivity contribution in [1.82, 2.24) is 19.5 Å². The van der Waals surface area contributed by atoms with Crippen molar-refractivity contribution in [1.29, 1.82) is 0 Å². The molecule has 2 aromatic heterocycles. The molecule has 6 nitrogen and oxygen atoms in total. The number of benzene rings is 1. The largest absolute Gasteiger partial charge is 0.377 e. The predicted octanol–water partition coefficient (Wildman–Crippen LogP) is 3.63. The Balaban J connectivity index is 1.88. The molecule has 26 heavy (non-hydrogen) atoms. The predicted molar refractivity (Wildman–Crippen MR) is 94.3 cm³/mol. The number of halogens is 3. The molecule has 1 fully saturated rings. The summed E-state index contributed by atoms with van der Waals surface area (Å²) in [5.74, 6) is 0.249. The minimum absolute atomic E-state index is 0.0789. The summed E-state index contributed by atoms with van der Waals surface area (Å²) in [5.41, 5.74) is 0.957. The Morgan fingerprint density at radius 1 is 1.23 bits per heavy atom. The number of hydrogen-bond acceptors (Lipinski definition) is 5. The van der Waals surface area contributed by atoms with E-state index in [0.717, 1.165) is 0 Å². The van der Waals surface area contributed by atoms with Crippen LogP contribution < -0.4 is 4.90 Å². The number of morpholine rings is 1. The van der Waals surface area contributed by atoms with Crippen molar-refractivity contribution in [3.63, 3.8) is 0 Å². The van der Waals surface area contributed by atoms with Crippen LogP contribution in [-0.4, -0.2) is 45.3 Å². The van der Waals surface area contributed by atoms with Crippen LogP contribution in [0.2, 0.25) is 5.15 Å². The van der Waals surface area contributed by atoms with Crippen LogP contribution in [0.15, 0.2) is 30.3 Å². The van der Waals surface area contributed by atoms with Gasteiger partial charge in [-0.05, 0) is 19.1 Å². The zero-order chi connectivity index (χ0) is 18.3. The highest BCUT2D eigenvalue weighted by atomic mass is 35.5. The second-order valence-corrected chi connectivity index (χ2v) is 6.45. The van der Waals surface area contributed by atoms with Gasteiger partial charge in [-0.2, -0.15) is 4.98 Å². The van der Waals surface area contributed by atoms with Crippen molar-refractivity contribution in [3.05, 3.63) is 41.3 Å². The molecule has 1 unspecified atom stereocenters. The summed E-state index contributed by atoms with van der Waals surface area (Å²) >= 11 is 6.19. The van der Waals surface area contributed by atoms with Gasteiger partial charge in [-0.3, -0.25) is 4.57 Å². The summed E-state index contributed by atoms with van der Waals surface area (Å²) < 4.78 is 33.8. The van der Waals surface area contributed by atoms with Gasteiger partial charge in [0, 0.05) is 12.6 Å². The van der Waals surface area contributed by atoms with E-state index in [1.165, 1.54) is 4.57 Å². The fourth-order valence-corrected chi connectivity index (χ4v) is 3.28. The number of rotatable bonds is 3. The third-order valence-electron chi connectivity index (χ3n) is 4.31. The number of para-hydroxylation sites is 2. The number of hydrogen-bond donors (Lipinski definition) is 0. The maximum absolute atomic E-state index is 13.6. The molecule has 9 heteroatoms. The first kappa shape index (κ1) is 17.1. The molecule has 1 saturated heterocycles. The normalized spacial score (nSPS) is 18.0. The second kappa shape index (κ2) is 6.77. The fourth-order valence-electron chi connectivity index (χ4n) is 3.11. The zero-order valence-electron chi connectivity index (χ0n) is 13.9. The highest BCUT2D eigenvalue weighted by Crippen LogP contribution is 2.28. The Hall–Kier alpha value is -2.32. The number of aromatic nitrogens is 4. The molecule has 1 aliphatic heterocycles. The van der Waals surface area contributed by atoms with Crippen molar-refractivity contribution in [2.24, 2.45) is 0 Å². The summed E-state index contributed by atoms with van der Waals surface area (Å²) in [6.45, 7) is 3.78. The fraction of sp³-hybridized carbons (Fsp3) is 0.353. The van der Waals surface area contributed by atoms with Crippen LogP contribution in [0.4, 0.5) is 14.6 Å². The van der Waals surface area contributed by atoms with Gasteiger partial charge in [0.05, 0.1) is 30.3 Å². The maximum atomic E-state index is 13.6. The highest BCUT2D eigenvalue weighted by molar-refractivity contribution is 6.29. The first-order valence-electron chi connectivity index (χ1n) is 8.19. The van der Waals surface area contributed by atoms with Crippen LogP contribution in [-0.2, 0) is 4.74 Å². The SMILES string of the molecule is CC1COCCN1c1cc(Cl)nc(-n2c(C(F)F)nc3ccccc32)n1. The summed E-state index contributed by atoms with van der Waals surface area (Å²) in [6, 6.07) is 8.60. The average molecular weight is 380 g/mol. The smallest absolute Gasteiger partial charge is 0.296 e. The van der Waals surface area contributed by atoms with E-state index in [-0.39, 0.29) is 17.1 Å². The Morgan fingerprint density at radius 2 is 2.04 bits per heavy atom. The standard InChI is InChI=1S/C17H16ClF2N5O/c1-10-9-26-7-6-24(10)14-8-13(18)22-17(23-14)25-12-5-3-2-4-11(12)21-16(25)15(19)20/h2-5,8,10,15H,6-7,9H2,1H3. The van der Waals surface area contributed by atoms with Crippen LogP contribution in [0.5, 0.6) is 0 Å². The van der Waals surface area contributed by atoms with Crippen molar-refractivity contribution < 1.29 is 13.5 Å². The van der Waals surface area contributed by atoms with Crippen molar-refractivity contribution in [2.45, 2.75) is 19.4 Å². The molecule has 136 valence electrons. The number of nitrogens with zero attached hydrogens (tertiary/aromatic N) is 5. The molecule has 1 aromatic carbocycles. The van der Waals surface area contributed by atoms with E-state index in [4.69, 9.17) is 16.3 Å². The Bertz CT molecular complexity index is 948. The number of ether oxygens (including phenoxy) is 1. The van der Waals surface area contributed by atoms with Gasteiger partial charge in [-0.1, -0.05) is 23.7 Å². The van der Waals surface area contributed by atoms with E-state index in [9.17, 15) is 8.78 Å². The van der Waals surface area contributed by atoms with E-state index >= 15 is 0 Å². The molecule has 3 heterocycles. The van der Waals surface area contributed by atoms with Crippen LogP contribution in [0.1, 0.15) is 19.2 Å². The van der Waals surface area contributed by atoms with Gasteiger partial charge in [0.25, 0.3) is 6.43 Å². The molecular formula is C17H16ClF2N5O. The van der Waals surface area contributed by atoms with Gasteiger partial charge in [0.2, 0.25) is 5.95 Å². The molecule has 0 N–H and O–H groups in total. The zero-order valence-corrected chi connectivity index (χ0v) is 14.7. The van der Waals surface area contributed by atoms with Gasteiger partial charge in [-0.15, -0.1) is 0 Å². The Labute approximate surface area is 153 Å². The Kier molecular flexibility index (Phi) is 4.46. The van der Waals surface area contributed by atoms with E-state index in [0.29, 0.717) is 36.6 Å². The third-order valence-corrected chi connectivity index (χ3v) is 4.51. The quantitative estimate of drug-likeness (QED) is 0.650. The van der Waals surface area contributed by atoms with Crippen molar-refractivity contribution in [3.8, 4) is 5.95 Å². The first-order valence-corrected chi connectivity index (χ1v) is 8.57. The summed E-state index contributed by atoms with van der Waals surface area (Å²) in [4.78, 5) is 14.7. The molecule has 3 aromatic rings. The molecule has 0 bridgehead atoms.